The highest BCUT2D eigenvalue weighted by molar-refractivity contribution is 9.10. The second-order valence-electron chi connectivity index (χ2n) is 4.50. The van der Waals surface area contributed by atoms with E-state index < -0.39 is 0 Å². The quantitative estimate of drug-likeness (QED) is 0.867. The van der Waals surface area contributed by atoms with E-state index in [4.69, 9.17) is 0 Å². The molecule has 0 bridgehead atoms. The Morgan fingerprint density at radius 3 is 2.84 bits per heavy atom. The number of hydrogen-bond donors (Lipinski definition) is 1. The van der Waals surface area contributed by atoms with Crippen LogP contribution in [0.1, 0.15) is 25.2 Å². The molecule has 0 saturated heterocycles. The monoisotopic (exact) mass is 357 g/mol. The van der Waals surface area contributed by atoms with E-state index in [2.05, 4.69) is 62.7 Å². The third-order valence-corrected chi connectivity index (χ3v) is 4.88. The highest BCUT2D eigenvalue weighted by Gasteiger charge is 2.09. The molecule has 6 heteroatoms. The Bertz CT molecular complexity index is 555. The molecule has 1 heterocycles. The van der Waals surface area contributed by atoms with Crippen molar-refractivity contribution >= 4 is 39.2 Å². The average Bonchev–Trinajstić information content (AvgIpc) is 2.75. The minimum Gasteiger partial charge on any atom is -0.310 e. The molecule has 0 fully saturated rings. The zero-order valence-electron chi connectivity index (χ0n) is 11.1. The highest BCUT2D eigenvalue weighted by atomic mass is 79.9. The van der Waals surface area contributed by atoms with Gasteiger partial charge in [0.25, 0.3) is 0 Å². The Hall–Kier alpha value is -0.430. The zero-order chi connectivity index (χ0) is 13.8. The highest BCUT2D eigenvalue weighted by Crippen LogP contribution is 2.33. The molecule has 0 aliphatic heterocycles. The summed E-state index contributed by atoms with van der Waals surface area (Å²) >= 11 is 6.66. The van der Waals surface area contributed by atoms with Gasteiger partial charge in [0.1, 0.15) is 5.82 Å². The van der Waals surface area contributed by atoms with Crippen LogP contribution in [0, 0.1) is 6.92 Å². The largest absolute Gasteiger partial charge is 0.310 e. The SMILES string of the molecule is Cc1nsc(Sc2ccc(Br)cc2CNC(C)C)n1. The summed E-state index contributed by atoms with van der Waals surface area (Å²) in [5.74, 6) is 0.839. The first-order valence-corrected chi connectivity index (χ1v) is 8.43. The van der Waals surface area contributed by atoms with Crippen molar-refractivity contribution in [2.45, 2.75) is 42.6 Å². The first-order chi connectivity index (χ1) is 9.04. The summed E-state index contributed by atoms with van der Waals surface area (Å²) < 4.78 is 6.31. The molecule has 1 aromatic carbocycles. The van der Waals surface area contributed by atoms with Crippen molar-refractivity contribution < 1.29 is 0 Å². The molecule has 0 unspecified atom stereocenters. The van der Waals surface area contributed by atoms with Crippen LogP contribution in [0.3, 0.4) is 0 Å². The van der Waals surface area contributed by atoms with Gasteiger partial charge in [-0.15, -0.1) is 0 Å². The lowest BCUT2D eigenvalue weighted by Gasteiger charge is -2.12. The van der Waals surface area contributed by atoms with E-state index in [0.29, 0.717) is 6.04 Å². The molecule has 0 radical (unpaired) electrons. The maximum absolute atomic E-state index is 4.40. The number of rotatable bonds is 5. The van der Waals surface area contributed by atoms with E-state index >= 15 is 0 Å². The Labute approximate surface area is 130 Å². The lowest BCUT2D eigenvalue weighted by molar-refractivity contribution is 0.584. The van der Waals surface area contributed by atoms with Gasteiger partial charge < -0.3 is 5.32 Å². The van der Waals surface area contributed by atoms with E-state index in [-0.39, 0.29) is 0 Å². The summed E-state index contributed by atoms with van der Waals surface area (Å²) in [6.45, 7) is 7.08. The van der Waals surface area contributed by atoms with Crippen LogP contribution in [0.5, 0.6) is 0 Å². The first kappa shape index (κ1) is 15.0. The minimum absolute atomic E-state index is 0.473. The molecule has 0 aliphatic carbocycles. The molecular formula is C13H16BrN3S2. The summed E-state index contributed by atoms with van der Waals surface area (Å²) in [6, 6.07) is 6.82. The van der Waals surface area contributed by atoms with Gasteiger partial charge in [-0.05, 0) is 42.2 Å². The maximum Gasteiger partial charge on any atom is 0.174 e. The second kappa shape index (κ2) is 6.83. The van der Waals surface area contributed by atoms with Crippen molar-refractivity contribution in [1.82, 2.24) is 14.7 Å². The molecule has 0 amide bonds. The molecule has 3 nitrogen and oxygen atoms in total. The van der Waals surface area contributed by atoms with Gasteiger partial charge in [0.15, 0.2) is 4.34 Å². The number of benzene rings is 1. The van der Waals surface area contributed by atoms with Crippen molar-refractivity contribution in [3.05, 3.63) is 34.1 Å². The van der Waals surface area contributed by atoms with Crippen LogP contribution >= 0.6 is 39.2 Å². The predicted molar refractivity (Wildman–Crippen MR) is 84.9 cm³/mol. The van der Waals surface area contributed by atoms with Crippen LogP contribution in [0.25, 0.3) is 0 Å². The van der Waals surface area contributed by atoms with E-state index in [9.17, 15) is 0 Å². The Balaban J connectivity index is 2.18. The number of aryl methyl sites for hydroxylation is 1. The van der Waals surface area contributed by atoms with Gasteiger partial charge in [0.2, 0.25) is 0 Å². The average molecular weight is 358 g/mol. The van der Waals surface area contributed by atoms with Crippen LogP contribution in [0.2, 0.25) is 0 Å². The minimum atomic E-state index is 0.473. The molecular weight excluding hydrogens is 342 g/mol. The number of nitrogens with one attached hydrogen (secondary N) is 1. The van der Waals surface area contributed by atoms with Gasteiger partial charge in [0.05, 0.1) is 0 Å². The van der Waals surface area contributed by atoms with Gasteiger partial charge in [-0.2, -0.15) is 4.37 Å². The molecule has 0 atom stereocenters. The molecule has 19 heavy (non-hydrogen) atoms. The number of aromatic nitrogens is 2. The van der Waals surface area contributed by atoms with Crippen molar-refractivity contribution in [1.29, 1.82) is 0 Å². The molecule has 102 valence electrons. The Morgan fingerprint density at radius 2 is 2.21 bits per heavy atom. The number of halogens is 1. The fourth-order valence-electron chi connectivity index (χ4n) is 1.51. The topological polar surface area (TPSA) is 37.8 Å². The zero-order valence-corrected chi connectivity index (χ0v) is 14.3. The molecule has 1 aromatic heterocycles. The summed E-state index contributed by atoms with van der Waals surface area (Å²) in [5.41, 5.74) is 1.28. The van der Waals surface area contributed by atoms with Crippen LogP contribution in [0.4, 0.5) is 0 Å². The lowest BCUT2D eigenvalue weighted by Crippen LogP contribution is -2.22. The number of hydrogen-bond acceptors (Lipinski definition) is 5. The predicted octanol–water partition coefficient (Wildman–Crippen LogP) is 4.26. The summed E-state index contributed by atoms with van der Waals surface area (Å²) in [5, 5.41) is 3.45. The lowest BCUT2D eigenvalue weighted by atomic mass is 10.2. The standard InChI is InChI=1S/C13H16BrN3S2/c1-8(2)15-7-10-6-11(14)4-5-12(10)18-13-16-9(3)17-19-13/h4-6,8,15H,7H2,1-3H3. The van der Waals surface area contributed by atoms with Gasteiger partial charge in [-0.3, -0.25) is 0 Å². The molecule has 2 rings (SSSR count). The number of nitrogens with zero attached hydrogens (tertiary/aromatic N) is 2. The van der Waals surface area contributed by atoms with E-state index in [1.807, 2.05) is 6.92 Å². The fourth-order valence-corrected chi connectivity index (χ4v) is 3.64. The molecule has 0 saturated carbocycles. The van der Waals surface area contributed by atoms with Crippen LogP contribution < -0.4 is 5.32 Å². The van der Waals surface area contributed by atoms with Crippen molar-refractivity contribution in [2.75, 3.05) is 0 Å². The fraction of sp³-hybridized carbons (Fsp3) is 0.385. The second-order valence-corrected chi connectivity index (χ2v) is 7.45. The van der Waals surface area contributed by atoms with Crippen LogP contribution in [-0.4, -0.2) is 15.4 Å². The summed E-state index contributed by atoms with van der Waals surface area (Å²) in [7, 11) is 0. The third-order valence-electron chi connectivity index (χ3n) is 2.43. The van der Waals surface area contributed by atoms with E-state index in [1.165, 1.54) is 22.0 Å². The third kappa shape index (κ3) is 4.56. The summed E-state index contributed by atoms with van der Waals surface area (Å²) in [6.07, 6.45) is 0. The molecule has 2 aromatic rings. The molecule has 0 aliphatic rings. The van der Waals surface area contributed by atoms with E-state index in [1.54, 1.807) is 11.8 Å². The van der Waals surface area contributed by atoms with Crippen molar-refractivity contribution in [3.8, 4) is 0 Å². The van der Waals surface area contributed by atoms with Crippen LogP contribution in [-0.2, 0) is 6.54 Å². The maximum atomic E-state index is 4.40. The van der Waals surface area contributed by atoms with Crippen LogP contribution in [0.15, 0.2) is 31.9 Å². The summed E-state index contributed by atoms with van der Waals surface area (Å²) in [4.78, 5) is 5.63. The molecule has 0 spiro atoms. The van der Waals surface area contributed by atoms with Crippen molar-refractivity contribution in [2.24, 2.45) is 0 Å². The molecule has 1 N–H and O–H groups in total. The van der Waals surface area contributed by atoms with Gasteiger partial charge in [-0.25, -0.2) is 4.98 Å². The van der Waals surface area contributed by atoms with Gasteiger partial charge in [0, 0.05) is 22.0 Å². The smallest absolute Gasteiger partial charge is 0.174 e. The van der Waals surface area contributed by atoms with Crippen molar-refractivity contribution in [3.63, 3.8) is 0 Å². The van der Waals surface area contributed by atoms with E-state index in [0.717, 1.165) is 21.2 Å². The Morgan fingerprint density at radius 1 is 1.42 bits per heavy atom. The van der Waals surface area contributed by atoms with Gasteiger partial charge in [-0.1, -0.05) is 41.5 Å². The van der Waals surface area contributed by atoms with Gasteiger partial charge >= 0.3 is 0 Å². The Kier molecular flexibility index (Phi) is 5.38. The first-order valence-electron chi connectivity index (χ1n) is 6.04. The normalized spacial score (nSPS) is 11.2.